The van der Waals surface area contributed by atoms with E-state index in [-0.39, 0.29) is 19.0 Å². The average Bonchev–Trinajstić information content (AvgIpc) is 2.53. The molecule has 0 atom stereocenters. The number of rotatable bonds is 6. The molecule has 5 nitrogen and oxygen atoms in total. The minimum atomic E-state index is -3.45. The van der Waals surface area contributed by atoms with Gasteiger partial charge in [-0.05, 0) is 61.4 Å². The number of benzene rings is 2. The largest absolute Gasteiger partial charge is 0.350 e. The zero-order valence-corrected chi connectivity index (χ0v) is 16.0. The second-order valence-electron chi connectivity index (χ2n) is 5.87. The molecule has 0 radical (unpaired) electrons. The molecule has 0 aliphatic carbocycles. The fourth-order valence-electron chi connectivity index (χ4n) is 2.34. The molecule has 0 unspecified atom stereocenters. The monoisotopic (exact) mass is 380 g/mol. The van der Waals surface area contributed by atoms with Gasteiger partial charge in [0, 0.05) is 17.1 Å². The van der Waals surface area contributed by atoms with Crippen LogP contribution in [0.25, 0.3) is 0 Å². The number of nitrogens with one attached hydrogen (secondary N) is 1. The van der Waals surface area contributed by atoms with Crippen LogP contribution in [0.2, 0.25) is 5.02 Å². The molecule has 0 bridgehead atoms. The molecular formula is C18H21ClN2O3S. The molecule has 0 spiro atoms. The smallest absolute Gasteiger partial charge is 0.251 e. The third kappa shape index (κ3) is 5.21. The first kappa shape index (κ1) is 19.3. The lowest BCUT2D eigenvalue weighted by molar-refractivity contribution is 0.0955. The zero-order chi connectivity index (χ0) is 18.6. The van der Waals surface area contributed by atoms with Crippen LogP contribution in [0.3, 0.4) is 0 Å². The molecule has 25 heavy (non-hydrogen) atoms. The van der Waals surface area contributed by atoms with Gasteiger partial charge in [0.15, 0.2) is 0 Å². The Morgan fingerprint density at radius 2 is 1.72 bits per heavy atom. The van der Waals surface area contributed by atoms with Crippen LogP contribution in [0, 0.1) is 13.8 Å². The van der Waals surface area contributed by atoms with E-state index in [2.05, 4.69) is 5.32 Å². The summed E-state index contributed by atoms with van der Waals surface area (Å²) in [6, 6.07) is 12.0. The van der Waals surface area contributed by atoms with Crippen molar-refractivity contribution in [2.45, 2.75) is 13.8 Å². The Labute approximate surface area is 153 Å². The van der Waals surface area contributed by atoms with E-state index in [9.17, 15) is 13.2 Å². The maximum absolute atomic E-state index is 12.1. The molecule has 1 amide bonds. The van der Waals surface area contributed by atoms with Gasteiger partial charge in [-0.1, -0.05) is 17.7 Å². The molecule has 134 valence electrons. The van der Waals surface area contributed by atoms with Gasteiger partial charge in [-0.3, -0.25) is 9.10 Å². The Morgan fingerprint density at radius 1 is 1.08 bits per heavy atom. The molecule has 0 saturated carbocycles. The van der Waals surface area contributed by atoms with Gasteiger partial charge in [0.2, 0.25) is 10.0 Å². The molecule has 2 aromatic rings. The van der Waals surface area contributed by atoms with Gasteiger partial charge in [-0.2, -0.15) is 0 Å². The Hall–Kier alpha value is -2.05. The highest BCUT2D eigenvalue weighted by atomic mass is 35.5. The Bertz CT molecular complexity index is 864. The third-order valence-electron chi connectivity index (χ3n) is 3.89. The first-order chi connectivity index (χ1) is 11.7. The van der Waals surface area contributed by atoms with Crippen LogP contribution in [0.5, 0.6) is 0 Å². The number of sulfonamides is 1. The number of carbonyl (C=O) groups excluding carboxylic acids is 1. The van der Waals surface area contributed by atoms with Gasteiger partial charge in [-0.15, -0.1) is 0 Å². The fraction of sp³-hybridized carbons (Fsp3) is 0.278. The summed E-state index contributed by atoms with van der Waals surface area (Å²) in [6.07, 6.45) is 1.16. The standard InChI is InChI=1S/C18H21ClN2O3S/c1-13-4-9-17(12-14(13)2)21(25(3,23)24)11-10-20-18(22)15-5-7-16(19)8-6-15/h4-9,12H,10-11H2,1-3H3,(H,20,22). The molecular weight excluding hydrogens is 360 g/mol. The number of hydrogen-bond acceptors (Lipinski definition) is 3. The highest BCUT2D eigenvalue weighted by Gasteiger charge is 2.18. The van der Waals surface area contributed by atoms with Crippen molar-refractivity contribution in [2.24, 2.45) is 0 Å². The Balaban J connectivity index is 2.07. The second-order valence-corrected chi connectivity index (χ2v) is 8.21. The first-order valence-corrected chi connectivity index (χ1v) is 10.00. The van der Waals surface area contributed by atoms with Crippen LogP contribution in [-0.4, -0.2) is 33.7 Å². The van der Waals surface area contributed by atoms with Crippen molar-refractivity contribution in [3.05, 3.63) is 64.2 Å². The summed E-state index contributed by atoms with van der Waals surface area (Å²) in [5.41, 5.74) is 3.16. The second kappa shape index (κ2) is 7.89. The highest BCUT2D eigenvalue weighted by molar-refractivity contribution is 7.92. The van der Waals surface area contributed by atoms with Crippen LogP contribution >= 0.6 is 11.6 Å². The molecule has 0 saturated heterocycles. The summed E-state index contributed by atoms with van der Waals surface area (Å²) in [5.74, 6) is -0.273. The van der Waals surface area contributed by atoms with Crippen LogP contribution in [-0.2, 0) is 10.0 Å². The van der Waals surface area contributed by atoms with Gasteiger partial charge in [-0.25, -0.2) is 8.42 Å². The van der Waals surface area contributed by atoms with Crippen molar-refractivity contribution in [3.8, 4) is 0 Å². The van der Waals surface area contributed by atoms with Crippen LogP contribution < -0.4 is 9.62 Å². The van der Waals surface area contributed by atoms with E-state index in [1.165, 1.54) is 4.31 Å². The molecule has 2 rings (SSSR count). The Kier molecular flexibility index (Phi) is 6.08. The third-order valence-corrected chi connectivity index (χ3v) is 5.33. The van der Waals surface area contributed by atoms with Gasteiger partial charge < -0.3 is 5.32 Å². The number of hydrogen-bond donors (Lipinski definition) is 1. The summed E-state index contributed by atoms with van der Waals surface area (Å²) >= 11 is 5.80. The first-order valence-electron chi connectivity index (χ1n) is 7.77. The van der Waals surface area contributed by atoms with Crippen molar-refractivity contribution < 1.29 is 13.2 Å². The summed E-state index contributed by atoms with van der Waals surface area (Å²) in [5, 5.41) is 3.28. The molecule has 1 N–H and O–H groups in total. The topological polar surface area (TPSA) is 66.5 Å². The van der Waals surface area contributed by atoms with Crippen LogP contribution in [0.4, 0.5) is 5.69 Å². The fourth-order valence-corrected chi connectivity index (χ4v) is 3.39. The summed E-state index contributed by atoms with van der Waals surface area (Å²) in [6.45, 7) is 4.25. The predicted molar refractivity (Wildman–Crippen MR) is 102 cm³/mol. The SMILES string of the molecule is Cc1ccc(N(CCNC(=O)c2ccc(Cl)cc2)S(C)(=O)=O)cc1C. The lowest BCUT2D eigenvalue weighted by atomic mass is 10.1. The van der Waals surface area contributed by atoms with E-state index in [1.807, 2.05) is 26.0 Å². The lowest BCUT2D eigenvalue weighted by Crippen LogP contribution is -2.38. The van der Waals surface area contributed by atoms with E-state index < -0.39 is 10.0 Å². The van der Waals surface area contributed by atoms with Crippen LogP contribution in [0.1, 0.15) is 21.5 Å². The van der Waals surface area contributed by atoms with Gasteiger partial charge in [0.05, 0.1) is 18.5 Å². The molecule has 0 fully saturated rings. The normalized spacial score (nSPS) is 11.2. The van der Waals surface area contributed by atoms with Crippen LogP contribution in [0.15, 0.2) is 42.5 Å². The summed E-state index contributed by atoms with van der Waals surface area (Å²) in [4.78, 5) is 12.1. The molecule has 0 heterocycles. The van der Waals surface area contributed by atoms with Crippen molar-refractivity contribution in [3.63, 3.8) is 0 Å². The number of amides is 1. The van der Waals surface area contributed by atoms with Crippen molar-refractivity contribution in [2.75, 3.05) is 23.7 Å². The molecule has 0 aliphatic rings. The zero-order valence-electron chi connectivity index (χ0n) is 14.4. The van der Waals surface area contributed by atoms with E-state index in [0.717, 1.165) is 17.4 Å². The van der Waals surface area contributed by atoms with Gasteiger partial charge in [0.25, 0.3) is 5.91 Å². The maximum Gasteiger partial charge on any atom is 0.251 e. The van der Waals surface area contributed by atoms with E-state index in [4.69, 9.17) is 11.6 Å². The van der Waals surface area contributed by atoms with Gasteiger partial charge in [0.1, 0.15) is 0 Å². The minimum absolute atomic E-state index is 0.153. The van der Waals surface area contributed by atoms with E-state index in [0.29, 0.717) is 16.3 Å². The maximum atomic E-state index is 12.1. The molecule has 0 aromatic heterocycles. The lowest BCUT2D eigenvalue weighted by Gasteiger charge is -2.23. The number of halogens is 1. The minimum Gasteiger partial charge on any atom is -0.350 e. The number of anilines is 1. The van der Waals surface area contributed by atoms with Crippen molar-refractivity contribution >= 4 is 33.2 Å². The average molecular weight is 381 g/mol. The molecule has 7 heteroatoms. The van der Waals surface area contributed by atoms with Gasteiger partial charge >= 0.3 is 0 Å². The molecule has 0 aliphatic heterocycles. The quantitative estimate of drug-likeness (QED) is 0.837. The van der Waals surface area contributed by atoms with Crippen molar-refractivity contribution in [1.82, 2.24) is 5.32 Å². The number of carbonyl (C=O) groups is 1. The number of nitrogens with zero attached hydrogens (tertiary/aromatic N) is 1. The predicted octanol–water partition coefficient (Wildman–Crippen LogP) is 3.15. The summed E-state index contributed by atoms with van der Waals surface area (Å²) < 4.78 is 25.5. The molecule has 2 aromatic carbocycles. The number of aryl methyl sites for hydroxylation is 2. The van der Waals surface area contributed by atoms with Crippen molar-refractivity contribution in [1.29, 1.82) is 0 Å². The van der Waals surface area contributed by atoms with E-state index in [1.54, 1.807) is 30.3 Å². The summed E-state index contributed by atoms with van der Waals surface area (Å²) in [7, 11) is -3.45. The highest BCUT2D eigenvalue weighted by Crippen LogP contribution is 2.20. The Morgan fingerprint density at radius 3 is 2.28 bits per heavy atom. The van der Waals surface area contributed by atoms with E-state index >= 15 is 0 Å².